The average Bonchev–Trinajstić information content (AvgIpc) is 3.10. The van der Waals surface area contributed by atoms with Crippen molar-refractivity contribution in [3.05, 3.63) is 89.9 Å². The fourth-order valence-corrected chi connectivity index (χ4v) is 2.68. The molecule has 0 atom stereocenters. The van der Waals surface area contributed by atoms with Gasteiger partial charge >= 0.3 is 0 Å². The van der Waals surface area contributed by atoms with Crippen molar-refractivity contribution in [3.63, 3.8) is 0 Å². The third-order valence-corrected chi connectivity index (χ3v) is 3.94. The van der Waals surface area contributed by atoms with E-state index in [4.69, 9.17) is 0 Å². The van der Waals surface area contributed by atoms with Crippen LogP contribution in [0, 0.1) is 6.92 Å². The van der Waals surface area contributed by atoms with E-state index in [1.807, 2.05) is 65.6 Å². The van der Waals surface area contributed by atoms with Crippen molar-refractivity contribution in [2.75, 3.05) is 0 Å². The smallest absolute Gasteiger partial charge is 0.0709 e. The van der Waals surface area contributed by atoms with Crippen molar-refractivity contribution in [1.29, 1.82) is 0 Å². The molecule has 0 bridgehead atoms. The zero-order chi connectivity index (χ0) is 16.4. The number of hydrogen-bond donors (Lipinski definition) is 0. The second-order valence-corrected chi connectivity index (χ2v) is 5.82. The van der Waals surface area contributed by atoms with Crippen LogP contribution < -0.4 is 0 Å². The number of pyridine rings is 1. The van der Waals surface area contributed by atoms with E-state index >= 15 is 0 Å². The van der Waals surface area contributed by atoms with Crippen molar-refractivity contribution < 1.29 is 0 Å². The van der Waals surface area contributed by atoms with Gasteiger partial charge in [0.15, 0.2) is 0 Å². The normalized spacial score (nSPS) is 11.4. The maximum Gasteiger partial charge on any atom is 0.0709 e. The lowest BCUT2D eigenvalue weighted by molar-refractivity contribution is 0.880. The molecular formula is C21H17N3. The second kappa shape index (κ2) is 6.13. The van der Waals surface area contributed by atoms with Crippen LogP contribution in [0.4, 0.5) is 0 Å². The molecule has 2 aromatic heterocycles. The Morgan fingerprint density at radius 3 is 2.67 bits per heavy atom. The van der Waals surface area contributed by atoms with Gasteiger partial charge in [-0.3, -0.25) is 0 Å². The van der Waals surface area contributed by atoms with Crippen LogP contribution in [0.1, 0.15) is 16.8 Å². The molecule has 3 nitrogen and oxygen atoms in total. The highest BCUT2D eigenvalue weighted by molar-refractivity contribution is 5.81. The lowest BCUT2D eigenvalue weighted by atomic mass is 10.1. The maximum atomic E-state index is 4.68. The molecule has 0 radical (unpaired) electrons. The van der Waals surface area contributed by atoms with Gasteiger partial charge in [0.25, 0.3) is 0 Å². The number of nitrogens with zero attached hydrogens (tertiary/aromatic N) is 3. The van der Waals surface area contributed by atoms with Gasteiger partial charge in [-0.15, -0.1) is 0 Å². The number of aromatic nitrogens is 3. The summed E-state index contributed by atoms with van der Waals surface area (Å²) < 4.78 is 1.87. The van der Waals surface area contributed by atoms with Gasteiger partial charge in [-0.1, -0.05) is 35.9 Å². The Morgan fingerprint density at radius 1 is 0.917 bits per heavy atom. The molecule has 2 heterocycles. The largest absolute Gasteiger partial charge is 0.248 e. The molecule has 0 fully saturated rings. The number of rotatable bonds is 3. The molecule has 4 rings (SSSR count). The predicted octanol–water partition coefficient (Wildman–Crippen LogP) is 4.90. The molecule has 3 heteroatoms. The minimum Gasteiger partial charge on any atom is -0.248 e. The van der Waals surface area contributed by atoms with Gasteiger partial charge in [0.1, 0.15) is 0 Å². The van der Waals surface area contributed by atoms with Crippen molar-refractivity contribution >= 4 is 23.1 Å². The summed E-state index contributed by atoms with van der Waals surface area (Å²) in [5, 5.41) is 5.57. The SMILES string of the molecule is Cc1ccc2nc(/C=C/c3cnn(-c4ccccc4)c3)ccc2c1. The lowest BCUT2D eigenvalue weighted by Crippen LogP contribution is -1.92. The summed E-state index contributed by atoms with van der Waals surface area (Å²) in [4.78, 5) is 4.68. The van der Waals surface area contributed by atoms with Crippen LogP contribution in [0.2, 0.25) is 0 Å². The Balaban J connectivity index is 1.59. The monoisotopic (exact) mass is 311 g/mol. The fraction of sp³-hybridized carbons (Fsp3) is 0.0476. The maximum absolute atomic E-state index is 4.68. The van der Waals surface area contributed by atoms with Gasteiger partial charge in [0.05, 0.1) is 23.1 Å². The molecule has 0 saturated heterocycles. The molecule has 0 aliphatic rings. The van der Waals surface area contributed by atoms with Crippen LogP contribution in [0.15, 0.2) is 73.1 Å². The van der Waals surface area contributed by atoms with E-state index in [-0.39, 0.29) is 0 Å². The Bertz CT molecular complexity index is 1010. The first-order valence-electron chi connectivity index (χ1n) is 7.93. The van der Waals surface area contributed by atoms with Crippen LogP contribution in [-0.2, 0) is 0 Å². The predicted molar refractivity (Wildman–Crippen MR) is 99.0 cm³/mol. The number of benzene rings is 2. The Morgan fingerprint density at radius 2 is 1.79 bits per heavy atom. The summed E-state index contributed by atoms with van der Waals surface area (Å²) in [6.07, 6.45) is 7.92. The Kier molecular flexibility index (Phi) is 3.67. The second-order valence-electron chi connectivity index (χ2n) is 5.82. The molecule has 0 amide bonds. The molecule has 0 unspecified atom stereocenters. The number of aryl methyl sites for hydroxylation is 1. The third-order valence-electron chi connectivity index (χ3n) is 3.94. The molecule has 2 aromatic carbocycles. The highest BCUT2D eigenvalue weighted by atomic mass is 15.3. The molecule has 0 aliphatic carbocycles. The first kappa shape index (κ1) is 14.4. The number of para-hydroxylation sites is 1. The van der Waals surface area contributed by atoms with Crippen molar-refractivity contribution in [2.45, 2.75) is 6.92 Å². The molecule has 0 saturated carbocycles. The van der Waals surface area contributed by atoms with Crippen LogP contribution >= 0.6 is 0 Å². The summed E-state index contributed by atoms with van der Waals surface area (Å²) in [7, 11) is 0. The summed E-state index contributed by atoms with van der Waals surface area (Å²) in [5.41, 5.74) is 5.31. The molecule has 0 aliphatic heterocycles. The zero-order valence-corrected chi connectivity index (χ0v) is 13.4. The van der Waals surface area contributed by atoms with E-state index in [9.17, 15) is 0 Å². The quantitative estimate of drug-likeness (QED) is 0.539. The topological polar surface area (TPSA) is 30.7 Å². The van der Waals surface area contributed by atoms with Crippen molar-refractivity contribution in [2.24, 2.45) is 0 Å². The summed E-state index contributed by atoms with van der Waals surface area (Å²) in [5.74, 6) is 0. The van der Waals surface area contributed by atoms with Crippen molar-refractivity contribution in [3.8, 4) is 5.69 Å². The van der Waals surface area contributed by atoms with E-state index in [0.29, 0.717) is 0 Å². The van der Waals surface area contributed by atoms with E-state index in [1.165, 1.54) is 10.9 Å². The average molecular weight is 311 g/mol. The van der Waals surface area contributed by atoms with E-state index < -0.39 is 0 Å². The van der Waals surface area contributed by atoms with Gasteiger partial charge in [0, 0.05) is 17.1 Å². The van der Waals surface area contributed by atoms with E-state index in [1.54, 1.807) is 0 Å². The molecular weight excluding hydrogens is 294 g/mol. The molecule has 4 aromatic rings. The fourth-order valence-electron chi connectivity index (χ4n) is 2.68. The Labute approximate surface area is 140 Å². The highest BCUT2D eigenvalue weighted by Gasteiger charge is 1.99. The van der Waals surface area contributed by atoms with Crippen LogP contribution in [0.5, 0.6) is 0 Å². The molecule has 0 spiro atoms. The molecule has 116 valence electrons. The summed E-state index contributed by atoms with van der Waals surface area (Å²) >= 11 is 0. The van der Waals surface area contributed by atoms with Gasteiger partial charge in [-0.2, -0.15) is 5.10 Å². The van der Waals surface area contributed by atoms with E-state index in [0.717, 1.165) is 22.5 Å². The standard InChI is InChI=1S/C21H17N3/c1-16-7-12-21-18(13-16)9-11-19(23-21)10-8-17-14-22-24(15-17)20-5-3-2-4-6-20/h2-15H,1H3/b10-8+. The highest BCUT2D eigenvalue weighted by Crippen LogP contribution is 2.16. The number of fused-ring (bicyclic) bond motifs is 1. The third kappa shape index (κ3) is 2.97. The van der Waals surface area contributed by atoms with Crippen LogP contribution in [0.3, 0.4) is 0 Å². The Hall–Kier alpha value is -3.20. The lowest BCUT2D eigenvalue weighted by Gasteiger charge is -2.00. The van der Waals surface area contributed by atoms with Crippen LogP contribution in [-0.4, -0.2) is 14.8 Å². The van der Waals surface area contributed by atoms with E-state index in [2.05, 4.69) is 41.3 Å². The van der Waals surface area contributed by atoms with Gasteiger partial charge in [0.2, 0.25) is 0 Å². The van der Waals surface area contributed by atoms with Gasteiger partial charge in [-0.25, -0.2) is 9.67 Å². The first-order chi connectivity index (χ1) is 11.8. The summed E-state index contributed by atoms with van der Waals surface area (Å²) in [6.45, 7) is 2.09. The minimum absolute atomic E-state index is 0.943. The van der Waals surface area contributed by atoms with Gasteiger partial charge in [-0.05, 0) is 49.4 Å². The summed E-state index contributed by atoms with van der Waals surface area (Å²) in [6, 6.07) is 20.5. The number of hydrogen-bond acceptors (Lipinski definition) is 2. The van der Waals surface area contributed by atoms with Gasteiger partial charge < -0.3 is 0 Å². The molecule has 0 N–H and O–H groups in total. The van der Waals surface area contributed by atoms with Crippen LogP contribution in [0.25, 0.3) is 28.7 Å². The van der Waals surface area contributed by atoms with Crippen molar-refractivity contribution in [1.82, 2.24) is 14.8 Å². The molecule has 24 heavy (non-hydrogen) atoms. The zero-order valence-electron chi connectivity index (χ0n) is 13.4. The minimum atomic E-state index is 0.943. The first-order valence-corrected chi connectivity index (χ1v) is 7.93.